The van der Waals surface area contributed by atoms with E-state index in [0.29, 0.717) is 0 Å². The van der Waals surface area contributed by atoms with Crippen LogP contribution in [0, 0.1) is 5.41 Å². The predicted molar refractivity (Wildman–Crippen MR) is 52.8 cm³/mol. The molecule has 76 valence electrons. The van der Waals surface area contributed by atoms with Gasteiger partial charge in [0.05, 0.1) is 6.04 Å². The minimum absolute atomic E-state index is 0.0518. The van der Waals surface area contributed by atoms with Crippen LogP contribution in [0.5, 0.6) is 0 Å². The highest BCUT2D eigenvalue weighted by Crippen LogP contribution is 1.97. The van der Waals surface area contributed by atoms with Gasteiger partial charge >= 0.3 is 6.03 Å². The SMILES string of the molecule is CC(NC(=O)NC(C)(C)C)C(=N)N. The molecule has 0 aromatic heterocycles. The van der Waals surface area contributed by atoms with Crippen molar-refractivity contribution in [2.45, 2.75) is 39.3 Å². The van der Waals surface area contributed by atoms with Crippen molar-refractivity contribution in [2.24, 2.45) is 5.73 Å². The van der Waals surface area contributed by atoms with Crippen LogP contribution in [0.1, 0.15) is 27.7 Å². The summed E-state index contributed by atoms with van der Waals surface area (Å²) < 4.78 is 0. The smallest absolute Gasteiger partial charge is 0.315 e. The Morgan fingerprint density at radius 3 is 2.23 bits per heavy atom. The maximum absolute atomic E-state index is 11.2. The van der Waals surface area contributed by atoms with Gasteiger partial charge in [-0.15, -0.1) is 0 Å². The van der Waals surface area contributed by atoms with Crippen molar-refractivity contribution >= 4 is 11.9 Å². The van der Waals surface area contributed by atoms with Gasteiger partial charge in [-0.2, -0.15) is 0 Å². The van der Waals surface area contributed by atoms with Crippen LogP contribution in [0.25, 0.3) is 0 Å². The van der Waals surface area contributed by atoms with Gasteiger partial charge in [-0.3, -0.25) is 5.41 Å². The van der Waals surface area contributed by atoms with Crippen LogP contribution in [0.15, 0.2) is 0 Å². The van der Waals surface area contributed by atoms with E-state index < -0.39 is 6.04 Å². The zero-order valence-corrected chi connectivity index (χ0v) is 8.56. The van der Waals surface area contributed by atoms with Gasteiger partial charge in [0.1, 0.15) is 5.84 Å². The lowest BCUT2D eigenvalue weighted by Gasteiger charge is -2.22. The first kappa shape index (κ1) is 11.7. The molecule has 0 heterocycles. The third kappa shape index (κ3) is 5.95. The van der Waals surface area contributed by atoms with Crippen molar-refractivity contribution in [3.05, 3.63) is 0 Å². The molecule has 0 aromatic rings. The normalized spacial score (nSPS) is 13.2. The molecule has 0 saturated carbocycles. The van der Waals surface area contributed by atoms with E-state index in [0.717, 1.165) is 0 Å². The minimum Gasteiger partial charge on any atom is -0.386 e. The van der Waals surface area contributed by atoms with Crippen molar-refractivity contribution in [3.8, 4) is 0 Å². The Morgan fingerprint density at radius 2 is 1.92 bits per heavy atom. The van der Waals surface area contributed by atoms with Gasteiger partial charge in [-0.1, -0.05) is 0 Å². The third-order valence-electron chi connectivity index (χ3n) is 1.30. The fourth-order valence-electron chi connectivity index (χ4n) is 0.651. The van der Waals surface area contributed by atoms with Gasteiger partial charge in [0, 0.05) is 5.54 Å². The largest absolute Gasteiger partial charge is 0.386 e. The summed E-state index contributed by atoms with van der Waals surface area (Å²) in [6, 6.07) is -0.738. The van der Waals surface area contributed by atoms with Crippen molar-refractivity contribution in [3.63, 3.8) is 0 Å². The van der Waals surface area contributed by atoms with E-state index in [2.05, 4.69) is 10.6 Å². The molecule has 0 aliphatic carbocycles. The van der Waals surface area contributed by atoms with Crippen molar-refractivity contribution in [2.75, 3.05) is 0 Å². The number of carbonyl (C=O) groups is 1. The molecular weight excluding hydrogens is 168 g/mol. The fourth-order valence-corrected chi connectivity index (χ4v) is 0.651. The van der Waals surface area contributed by atoms with E-state index in [1.807, 2.05) is 20.8 Å². The highest BCUT2D eigenvalue weighted by Gasteiger charge is 2.15. The number of rotatable bonds is 2. The highest BCUT2D eigenvalue weighted by molar-refractivity contribution is 5.87. The van der Waals surface area contributed by atoms with Crippen molar-refractivity contribution < 1.29 is 4.79 Å². The molecule has 0 radical (unpaired) electrons. The minimum atomic E-state index is -0.428. The molecule has 2 amide bonds. The first-order valence-electron chi connectivity index (χ1n) is 4.15. The standard InChI is InChI=1S/C8H18N4O/c1-5(6(9)10)11-7(13)12-8(2,3)4/h5H,1-4H3,(H3,9,10)(H2,11,12,13). The Labute approximate surface area is 78.6 Å². The summed E-state index contributed by atoms with van der Waals surface area (Å²) in [5, 5.41) is 12.3. The number of urea groups is 1. The van der Waals surface area contributed by atoms with Gasteiger partial charge in [0.2, 0.25) is 0 Å². The van der Waals surface area contributed by atoms with Crippen molar-refractivity contribution in [1.29, 1.82) is 5.41 Å². The van der Waals surface area contributed by atoms with Crippen molar-refractivity contribution in [1.82, 2.24) is 10.6 Å². The molecule has 0 bridgehead atoms. The van der Waals surface area contributed by atoms with Crippen LogP contribution in [0.3, 0.4) is 0 Å². The molecule has 1 unspecified atom stereocenters. The average Bonchev–Trinajstić information content (AvgIpc) is 1.81. The molecular formula is C8H18N4O. The van der Waals surface area contributed by atoms with Gasteiger partial charge in [0.25, 0.3) is 0 Å². The quantitative estimate of drug-likeness (QED) is 0.371. The number of nitrogens with one attached hydrogen (secondary N) is 3. The van der Waals surface area contributed by atoms with Crippen LogP contribution >= 0.6 is 0 Å². The Kier molecular flexibility index (Phi) is 3.71. The van der Waals surface area contributed by atoms with E-state index in [-0.39, 0.29) is 17.4 Å². The molecule has 0 fully saturated rings. The lowest BCUT2D eigenvalue weighted by molar-refractivity contribution is 0.231. The lowest BCUT2D eigenvalue weighted by atomic mass is 10.1. The molecule has 5 heteroatoms. The summed E-state index contributed by atoms with van der Waals surface area (Å²) in [6.07, 6.45) is 0. The molecule has 0 aliphatic heterocycles. The first-order valence-corrected chi connectivity index (χ1v) is 4.15. The van der Waals surface area contributed by atoms with Gasteiger partial charge in [-0.25, -0.2) is 4.79 Å². The number of amidine groups is 1. The zero-order chi connectivity index (χ0) is 10.6. The molecule has 0 aromatic carbocycles. The summed E-state index contributed by atoms with van der Waals surface area (Å²) in [4.78, 5) is 11.2. The fraction of sp³-hybridized carbons (Fsp3) is 0.750. The average molecular weight is 186 g/mol. The lowest BCUT2D eigenvalue weighted by Crippen LogP contribution is -2.51. The third-order valence-corrected chi connectivity index (χ3v) is 1.30. The second-order valence-electron chi connectivity index (χ2n) is 4.03. The summed E-state index contributed by atoms with van der Waals surface area (Å²) >= 11 is 0. The van der Waals surface area contributed by atoms with E-state index in [1.165, 1.54) is 0 Å². The molecule has 5 N–H and O–H groups in total. The van der Waals surface area contributed by atoms with Crippen LogP contribution in [0.4, 0.5) is 4.79 Å². The monoisotopic (exact) mass is 186 g/mol. The Balaban J connectivity index is 3.96. The molecule has 1 atom stereocenters. The maximum Gasteiger partial charge on any atom is 0.315 e. The summed E-state index contributed by atoms with van der Waals surface area (Å²) in [7, 11) is 0. The van der Waals surface area contributed by atoms with Crippen LogP contribution in [0.2, 0.25) is 0 Å². The molecule has 13 heavy (non-hydrogen) atoms. The van der Waals surface area contributed by atoms with Gasteiger partial charge in [0.15, 0.2) is 0 Å². The van der Waals surface area contributed by atoms with Crippen LogP contribution < -0.4 is 16.4 Å². The van der Waals surface area contributed by atoms with Gasteiger partial charge < -0.3 is 16.4 Å². The summed E-state index contributed by atoms with van der Waals surface area (Å²) in [5.41, 5.74) is 4.91. The summed E-state index contributed by atoms with van der Waals surface area (Å²) in [5.74, 6) is -0.0518. The van der Waals surface area contributed by atoms with E-state index >= 15 is 0 Å². The zero-order valence-electron chi connectivity index (χ0n) is 8.56. The molecule has 5 nitrogen and oxygen atoms in total. The maximum atomic E-state index is 11.2. The van der Waals surface area contributed by atoms with E-state index in [9.17, 15) is 4.79 Å². The molecule has 0 spiro atoms. The topological polar surface area (TPSA) is 91.0 Å². The number of hydrogen-bond donors (Lipinski definition) is 4. The Hall–Kier alpha value is -1.26. The first-order chi connectivity index (χ1) is 5.72. The summed E-state index contributed by atoms with van der Waals surface area (Å²) in [6.45, 7) is 7.30. The van der Waals surface area contributed by atoms with E-state index in [1.54, 1.807) is 6.92 Å². The number of carbonyl (C=O) groups excluding carboxylic acids is 1. The molecule has 0 aliphatic rings. The number of amides is 2. The second-order valence-corrected chi connectivity index (χ2v) is 4.03. The predicted octanol–water partition coefficient (Wildman–Crippen LogP) is 0.409. The van der Waals surface area contributed by atoms with Crippen LogP contribution in [-0.2, 0) is 0 Å². The molecule has 0 saturated heterocycles. The Bertz CT molecular complexity index is 207. The Morgan fingerprint density at radius 1 is 1.46 bits per heavy atom. The van der Waals surface area contributed by atoms with Gasteiger partial charge in [-0.05, 0) is 27.7 Å². The number of nitrogens with two attached hydrogens (primary N) is 1. The van der Waals surface area contributed by atoms with Crippen LogP contribution in [-0.4, -0.2) is 23.4 Å². The highest BCUT2D eigenvalue weighted by atomic mass is 16.2. The molecule has 0 rings (SSSR count). The second kappa shape index (κ2) is 4.11. The number of hydrogen-bond acceptors (Lipinski definition) is 2. The van der Waals surface area contributed by atoms with E-state index in [4.69, 9.17) is 11.1 Å².